The quantitative estimate of drug-likeness (QED) is 0.177. The lowest BCUT2D eigenvalue weighted by molar-refractivity contribution is -0.139. The summed E-state index contributed by atoms with van der Waals surface area (Å²) in [7, 11) is 0. The number of carbonyl (C=O) groups excluding carboxylic acids is 1. The van der Waals surface area contributed by atoms with E-state index in [0.717, 1.165) is 12.3 Å². The van der Waals surface area contributed by atoms with Gasteiger partial charge in [-0.15, -0.1) is 0 Å². The van der Waals surface area contributed by atoms with E-state index in [1.807, 2.05) is 0 Å². The van der Waals surface area contributed by atoms with E-state index in [4.69, 9.17) is 4.74 Å². The van der Waals surface area contributed by atoms with E-state index in [-0.39, 0.29) is 5.97 Å². The summed E-state index contributed by atoms with van der Waals surface area (Å²) in [5.41, 5.74) is 0.492. The summed E-state index contributed by atoms with van der Waals surface area (Å²) in [6.07, 6.45) is 17.2. The van der Waals surface area contributed by atoms with Gasteiger partial charge in [-0.2, -0.15) is 0 Å². The second-order valence-corrected chi connectivity index (χ2v) is 6.98. The van der Waals surface area contributed by atoms with Crippen LogP contribution >= 0.6 is 0 Å². The van der Waals surface area contributed by atoms with Crippen LogP contribution in [0.5, 0.6) is 0 Å². The Kier molecular flexibility index (Phi) is 15.5. The van der Waals surface area contributed by atoms with Gasteiger partial charge >= 0.3 is 5.97 Å². The lowest BCUT2D eigenvalue weighted by atomic mass is 9.90. The molecule has 0 saturated carbocycles. The van der Waals surface area contributed by atoms with Crippen molar-refractivity contribution in [3.63, 3.8) is 0 Å². The standard InChI is InChI=1S/C21H40O2/c1-5-7-12-16-20(15-8-6-2)17-13-10-9-11-14-18-23-21(22)19(3)4/h20H,3,5-18H2,1-2,4H3. The lowest BCUT2D eigenvalue weighted by Crippen LogP contribution is -2.06. The molecule has 0 N–H and O–H groups in total. The number of unbranched alkanes of at least 4 members (excludes halogenated alkanes) is 7. The summed E-state index contributed by atoms with van der Waals surface area (Å²) in [6.45, 7) is 10.4. The fraction of sp³-hybridized carbons (Fsp3) is 0.857. The van der Waals surface area contributed by atoms with E-state index in [1.165, 1.54) is 77.0 Å². The Labute approximate surface area is 145 Å². The van der Waals surface area contributed by atoms with Crippen molar-refractivity contribution < 1.29 is 9.53 Å². The highest BCUT2D eigenvalue weighted by Crippen LogP contribution is 2.23. The number of hydrogen-bond acceptors (Lipinski definition) is 2. The van der Waals surface area contributed by atoms with E-state index >= 15 is 0 Å². The summed E-state index contributed by atoms with van der Waals surface area (Å²) in [4.78, 5) is 11.2. The molecule has 1 atom stereocenters. The van der Waals surface area contributed by atoms with Gasteiger partial charge in [-0.1, -0.05) is 97.5 Å². The Bertz CT molecular complexity index is 296. The van der Waals surface area contributed by atoms with Crippen LogP contribution in [0.1, 0.15) is 104 Å². The molecule has 0 aliphatic heterocycles. The fourth-order valence-electron chi connectivity index (χ4n) is 2.96. The van der Waals surface area contributed by atoms with Gasteiger partial charge in [0.1, 0.15) is 0 Å². The molecule has 1 unspecified atom stereocenters. The third-order valence-electron chi connectivity index (χ3n) is 4.52. The first-order valence-corrected chi connectivity index (χ1v) is 9.94. The predicted octanol–water partition coefficient (Wildman–Crippen LogP) is 6.83. The van der Waals surface area contributed by atoms with E-state index in [0.29, 0.717) is 12.2 Å². The maximum Gasteiger partial charge on any atom is 0.333 e. The van der Waals surface area contributed by atoms with Crippen molar-refractivity contribution in [2.75, 3.05) is 6.61 Å². The molecule has 0 fully saturated rings. The Morgan fingerprint density at radius 1 is 0.826 bits per heavy atom. The topological polar surface area (TPSA) is 26.3 Å². The van der Waals surface area contributed by atoms with E-state index in [1.54, 1.807) is 6.92 Å². The van der Waals surface area contributed by atoms with Crippen molar-refractivity contribution in [3.05, 3.63) is 12.2 Å². The molecule has 0 heterocycles. The van der Waals surface area contributed by atoms with Crippen LogP contribution in [0.15, 0.2) is 12.2 Å². The van der Waals surface area contributed by atoms with Crippen LogP contribution in [0.2, 0.25) is 0 Å². The number of ether oxygens (including phenoxy) is 1. The minimum atomic E-state index is -0.254. The Balaban J connectivity index is 3.56. The van der Waals surface area contributed by atoms with Gasteiger partial charge in [0, 0.05) is 5.57 Å². The minimum absolute atomic E-state index is 0.254. The molecule has 2 heteroatoms. The van der Waals surface area contributed by atoms with Gasteiger partial charge < -0.3 is 4.74 Å². The van der Waals surface area contributed by atoms with Crippen molar-refractivity contribution in [3.8, 4) is 0 Å². The summed E-state index contributed by atoms with van der Waals surface area (Å²) >= 11 is 0. The van der Waals surface area contributed by atoms with E-state index < -0.39 is 0 Å². The molecular formula is C21H40O2. The lowest BCUT2D eigenvalue weighted by Gasteiger charge is -2.16. The molecule has 0 bridgehead atoms. The highest BCUT2D eigenvalue weighted by Gasteiger charge is 2.08. The first-order valence-electron chi connectivity index (χ1n) is 9.94. The molecule has 0 aromatic rings. The molecule has 23 heavy (non-hydrogen) atoms. The number of esters is 1. The maximum absolute atomic E-state index is 11.2. The highest BCUT2D eigenvalue weighted by molar-refractivity contribution is 5.86. The van der Waals surface area contributed by atoms with Gasteiger partial charge in [0.05, 0.1) is 6.61 Å². The third kappa shape index (κ3) is 14.5. The zero-order valence-corrected chi connectivity index (χ0v) is 16.0. The van der Waals surface area contributed by atoms with Gasteiger partial charge in [0.15, 0.2) is 0 Å². The zero-order valence-electron chi connectivity index (χ0n) is 16.0. The third-order valence-corrected chi connectivity index (χ3v) is 4.52. The normalized spacial score (nSPS) is 12.1. The highest BCUT2D eigenvalue weighted by atomic mass is 16.5. The average Bonchev–Trinajstić information content (AvgIpc) is 2.54. The molecule has 0 spiro atoms. The molecular weight excluding hydrogens is 284 g/mol. The second kappa shape index (κ2) is 16.1. The average molecular weight is 325 g/mol. The molecule has 0 aliphatic carbocycles. The molecule has 0 aliphatic rings. The van der Waals surface area contributed by atoms with Crippen LogP contribution in [0.25, 0.3) is 0 Å². The van der Waals surface area contributed by atoms with Gasteiger partial charge in [-0.05, 0) is 19.3 Å². The maximum atomic E-state index is 11.2. The van der Waals surface area contributed by atoms with Crippen LogP contribution in [0, 0.1) is 5.92 Å². The smallest absolute Gasteiger partial charge is 0.333 e. The summed E-state index contributed by atoms with van der Waals surface area (Å²) < 4.78 is 5.11. The van der Waals surface area contributed by atoms with Crippen molar-refractivity contribution in [2.24, 2.45) is 5.92 Å². The Hall–Kier alpha value is -0.790. The van der Waals surface area contributed by atoms with Crippen molar-refractivity contribution >= 4 is 5.97 Å². The largest absolute Gasteiger partial charge is 0.462 e. The number of hydrogen-bond donors (Lipinski definition) is 0. The van der Waals surface area contributed by atoms with Crippen molar-refractivity contribution in [2.45, 2.75) is 104 Å². The van der Waals surface area contributed by atoms with Crippen LogP contribution in [-0.2, 0) is 9.53 Å². The SMILES string of the molecule is C=C(C)C(=O)OCCCCCCCC(CCCC)CCCCC. The minimum Gasteiger partial charge on any atom is -0.462 e. The zero-order chi connectivity index (χ0) is 17.3. The Morgan fingerprint density at radius 2 is 1.35 bits per heavy atom. The van der Waals surface area contributed by atoms with Crippen LogP contribution in [0.3, 0.4) is 0 Å². The van der Waals surface area contributed by atoms with Crippen LogP contribution in [-0.4, -0.2) is 12.6 Å². The van der Waals surface area contributed by atoms with Crippen LogP contribution in [0.4, 0.5) is 0 Å². The summed E-state index contributed by atoms with van der Waals surface area (Å²) in [6, 6.07) is 0. The molecule has 2 nitrogen and oxygen atoms in total. The first-order chi connectivity index (χ1) is 11.1. The molecule has 0 radical (unpaired) electrons. The first kappa shape index (κ1) is 22.2. The monoisotopic (exact) mass is 324 g/mol. The van der Waals surface area contributed by atoms with Gasteiger partial charge in [-0.25, -0.2) is 4.79 Å². The molecule has 0 saturated heterocycles. The van der Waals surface area contributed by atoms with E-state index in [9.17, 15) is 4.79 Å². The van der Waals surface area contributed by atoms with Crippen molar-refractivity contribution in [1.29, 1.82) is 0 Å². The predicted molar refractivity (Wildman–Crippen MR) is 101 cm³/mol. The fourth-order valence-corrected chi connectivity index (χ4v) is 2.96. The molecule has 0 aromatic heterocycles. The Morgan fingerprint density at radius 3 is 1.96 bits per heavy atom. The van der Waals surface area contributed by atoms with Gasteiger partial charge in [0.25, 0.3) is 0 Å². The molecule has 136 valence electrons. The van der Waals surface area contributed by atoms with Crippen LogP contribution < -0.4 is 0 Å². The molecule has 0 aromatic carbocycles. The molecule has 0 rings (SSSR count). The van der Waals surface area contributed by atoms with Crippen molar-refractivity contribution in [1.82, 2.24) is 0 Å². The number of carbonyl (C=O) groups is 1. The van der Waals surface area contributed by atoms with E-state index in [2.05, 4.69) is 20.4 Å². The molecule has 0 amide bonds. The summed E-state index contributed by atoms with van der Waals surface area (Å²) in [5.74, 6) is 0.703. The van der Waals surface area contributed by atoms with Gasteiger partial charge in [-0.3, -0.25) is 0 Å². The van der Waals surface area contributed by atoms with Gasteiger partial charge in [0.2, 0.25) is 0 Å². The number of rotatable bonds is 16. The second-order valence-electron chi connectivity index (χ2n) is 6.98. The summed E-state index contributed by atoms with van der Waals surface area (Å²) in [5, 5.41) is 0.